The average molecular weight is 259 g/mol. The molecule has 0 saturated carbocycles. The zero-order chi connectivity index (χ0) is 11.6. The van der Waals surface area contributed by atoms with Crippen molar-refractivity contribution in [3.05, 3.63) is 35.9 Å². The molecule has 0 radical (unpaired) electrons. The molecule has 0 aliphatic rings. The van der Waals surface area contributed by atoms with E-state index in [1.54, 1.807) is 0 Å². The van der Waals surface area contributed by atoms with Crippen molar-refractivity contribution in [1.82, 2.24) is 15.2 Å². The molecule has 0 saturated heterocycles. The van der Waals surface area contributed by atoms with Crippen molar-refractivity contribution in [1.29, 1.82) is 0 Å². The van der Waals surface area contributed by atoms with Crippen molar-refractivity contribution < 1.29 is 8.42 Å². The number of nitrogens with zero attached hydrogens (tertiary/aromatic N) is 2. The smallest absolute Gasteiger partial charge is 0.265 e. The second-order valence-corrected chi connectivity index (χ2v) is 4.96. The third kappa shape index (κ3) is 2.15. The minimum absolute atomic E-state index is 0.0714. The number of sulfonamides is 1. The summed E-state index contributed by atoms with van der Waals surface area (Å²) in [6.07, 6.45) is 5.37. The molecule has 2 N–H and O–H groups in total. The van der Waals surface area contributed by atoms with E-state index in [0.29, 0.717) is 5.69 Å². The predicted molar refractivity (Wildman–Crippen MR) is 58.6 cm³/mol. The van der Waals surface area contributed by atoms with Gasteiger partial charge < -0.3 is 0 Å². The summed E-state index contributed by atoms with van der Waals surface area (Å²) in [5.41, 5.74) is 0.333. The van der Waals surface area contributed by atoms with Crippen LogP contribution in [0.1, 0.15) is 0 Å². The minimum Gasteiger partial charge on any atom is -0.284 e. The molecule has 2 aromatic heterocycles. The Kier molecular flexibility index (Phi) is 2.80. The maximum absolute atomic E-state index is 11.8. The highest BCUT2D eigenvalue weighted by atomic mass is 35.5. The van der Waals surface area contributed by atoms with Crippen molar-refractivity contribution in [3.63, 3.8) is 0 Å². The van der Waals surface area contributed by atoms with Gasteiger partial charge in [-0.1, -0.05) is 11.6 Å². The van der Waals surface area contributed by atoms with Gasteiger partial charge in [0.2, 0.25) is 0 Å². The van der Waals surface area contributed by atoms with Crippen LogP contribution in [0.25, 0.3) is 0 Å². The van der Waals surface area contributed by atoms with Crippen LogP contribution in [0.15, 0.2) is 35.7 Å². The lowest BCUT2D eigenvalue weighted by molar-refractivity contribution is 0.601. The van der Waals surface area contributed by atoms with Crippen LogP contribution >= 0.6 is 11.6 Å². The zero-order valence-electron chi connectivity index (χ0n) is 7.88. The van der Waals surface area contributed by atoms with Crippen molar-refractivity contribution >= 4 is 27.3 Å². The SMILES string of the molecule is O=S(=O)(Nc1cn[nH]c1)c1cnccc1Cl. The fourth-order valence-corrected chi connectivity index (χ4v) is 2.54. The number of nitrogens with one attached hydrogen (secondary N) is 2. The highest BCUT2D eigenvalue weighted by molar-refractivity contribution is 7.92. The number of aromatic nitrogens is 3. The topological polar surface area (TPSA) is 87.7 Å². The number of hydrogen-bond donors (Lipinski definition) is 2. The van der Waals surface area contributed by atoms with Crippen LogP contribution in [0.2, 0.25) is 5.02 Å². The number of hydrogen-bond acceptors (Lipinski definition) is 4. The lowest BCUT2D eigenvalue weighted by Gasteiger charge is -2.06. The third-order valence-electron chi connectivity index (χ3n) is 1.77. The molecule has 2 rings (SSSR count). The largest absolute Gasteiger partial charge is 0.284 e. The number of aromatic amines is 1. The van der Waals surface area contributed by atoms with Crippen LogP contribution in [0.5, 0.6) is 0 Å². The van der Waals surface area contributed by atoms with E-state index in [9.17, 15) is 8.42 Å². The van der Waals surface area contributed by atoms with Crippen LogP contribution in [-0.4, -0.2) is 23.6 Å². The fourth-order valence-electron chi connectivity index (χ4n) is 1.08. The summed E-state index contributed by atoms with van der Waals surface area (Å²) in [6.45, 7) is 0. The predicted octanol–water partition coefficient (Wildman–Crippen LogP) is 1.26. The van der Waals surface area contributed by atoms with E-state index >= 15 is 0 Å². The molecule has 84 valence electrons. The van der Waals surface area contributed by atoms with E-state index in [1.807, 2.05) is 0 Å². The fraction of sp³-hybridized carbons (Fsp3) is 0. The Hall–Kier alpha value is -1.60. The molecule has 0 bridgehead atoms. The summed E-state index contributed by atoms with van der Waals surface area (Å²) < 4.78 is 26.0. The molecule has 0 aromatic carbocycles. The van der Waals surface area contributed by atoms with Gasteiger partial charge in [-0.25, -0.2) is 8.42 Å². The number of halogens is 1. The highest BCUT2D eigenvalue weighted by Crippen LogP contribution is 2.21. The van der Waals surface area contributed by atoms with Gasteiger partial charge in [0, 0.05) is 18.6 Å². The summed E-state index contributed by atoms with van der Waals surface area (Å²) in [6, 6.07) is 1.41. The molecule has 0 aliphatic heterocycles. The molecule has 6 nitrogen and oxygen atoms in total. The first kappa shape index (κ1) is 10.9. The molecular weight excluding hydrogens is 252 g/mol. The number of pyridine rings is 1. The van der Waals surface area contributed by atoms with Crippen molar-refractivity contribution in [3.8, 4) is 0 Å². The van der Waals surface area contributed by atoms with Crippen LogP contribution in [-0.2, 0) is 10.0 Å². The van der Waals surface area contributed by atoms with E-state index in [0.717, 1.165) is 0 Å². The first-order chi connectivity index (χ1) is 7.59. The third-order valence-corrected chi connectivity index (χ3v) is 3.62. The molecule has 0 aliphatic carbocycles. The Morgan fingerprint density at radius 3 is 2.81 bits per heavy atom. The lowest BCUT2D eigenvalue weighted by Crippen LogP contribution is -2.13. The Balaban J connectivity index is 2.37. The number of H-pyrrole nitrogens is 1. The normalized spacial score (nSPS) is 11.3. The maximum Gasteiger partial charge on any atom is 0.265 e. The molecule has 0 amide bonds. The second-order valence-electron chi connectivity index (χ2n) is 2.90. The molecule has 8 heteroatoms. The Morgan fingerprint density at radius 1 is 1.38 bits per heavy atom. The monoisotopic (exact) mass is 258 g/mol. The lowest BCUT2D eigenvalue weighted by atomic mass is 10.5. The van der Waals surface area contributed by atoms with Gasteiger partial charge in [0.05, 0.1) is 16.9 Å². The van der Waals surface area contributed by atoms with Gasteiger partial charge in [0.1, 0.15) is 4.90 Å². The van der Waals surface area contributed by atoms with Gasteiger partial charge in [-0.15, -0.1) is 0 Å². The van der Waals surface area contributed by atoms with Crippen molar-refractivity contribution in [2.45, 2.75) is 4.90 Å². The van der Waals surface area contributed by atoms with Gasteiger partial charge in [0.15, 0.2) is 0 Å². The zero-order valence-corrected chi connectivity index (χ0v) is 9.46. The summed E-state index contributed by atoms with van der Waals surface area (Å²) in [5, 5.41) is 6.23. The van der Waals surface area contributed by atoms with Crippen LogP contribution in [0, 0.1) is 0 Å². The summed E-state index contributed by atoms with van der Waals surface area (Å²) in [7, 11) is -3.72. The minimum atomic E-state index is -3.72. The van der Waals surface area contributed by atoms with Crippen LogP contribution < -0.4 is 4.72 Å². The molecule has 0 unspecified atom stereocenters. The van der Waals surface area contributed by atoms with Gasteiger partial charge in [-0.3, -0.25) is 14.8 Å². The van der Waals surface area contributed by atoms with Crippen LogP contribution in [0.3, 0.4) is 0 Å². The van der Waals surface area contributed by atoms with E-state index in [2.05, 4.69) is 19.9 Å². The molecule has 0 spiro atoms. The van der Waals surface area contributed by atoms with E-state index in [-0.39, 0.29) is 9.92 Å². The van der Waals surface area contributed by atoms with E-state index < -0.39 is 10.0 Å². The van der Waals surface area contributed by atoms with E-state index in [4.69, 9.17) is 11.6 Å². The van der Waals surface area contributed by atoms with Gasteiger partial charge in [0.25, 0.3) is 10.0 Å². The molecule has 0 atom stereocenters. The standard InChI is InChI=1S/C8H7ClN4O2S/c9-7-1-2-10-5-8(7)16(14,15)13-6-3-11-12-4-6/h1-5,13H,(H,11,12). The summed E-state index contributed by atoms with van der Waals surface area (Å²) in [4.78, 5) is 3.64. The van der Waals surface area contributed by atoms with Gasteiger partial charge in [-0.05, 0) is 6.07 Å². The molecule has 0 fully saturated rings. The maximum atomic E-state index is 11.8. The summed E-state index contributed by atoms with van der Waals surface area (Å²) >= 11 is 5.77. The molecular formula is C8H7ClN4O2S. The van der Waals surface area contributed by atoms with Crippen molar-refractivity contribution in [2.24, 2.45) is 0 Å². The van der Waals surface area contributed by atoms with Crippen LogP contribution in [0.4, 0.5) is 5.69 Å². The van der Waals surface area contributed by atoms with Crippen molar-refractivity contribution in [2.75, 3.05) is 4.72 Å². The van der Waals surface area contributed by atoms with Gasteiger partial charge >= 0.3 is 0 Å². The average Bonchev–Trinajstić information content (AvgIpc) is 2.70. The summed E-state index contributed by atoms with van der Waals surface area (Å²) in [5.74, 6) is 0. The van der Waals surface area contributed by atoms with E-state index in [1.165, 1.54) is 30.9 Å². The molecule has 16 heavy (non-hydrogen) atoms. The highest BCUT2D eigenvalue weighted by Gasteiger charge is 2.18. The number of anilines is 1. The first-order valence-corrected chi connectivity index (χ1v) is 6.07. The second kappa shape index (κ2) is 4.11. The number of rotatable bonds is 3. The first-order valence-electron chi connectivity index (χ1n) is 4.21. The quantitative estimate of drug-likeness (QED) is 0.868. The molecule has 2 heterocycles. The van der Waals surface area contributed by atoms with Gasteiger partial charge in [-0.2, -0.15) is 5.10 Å². The Labute approximate surface area is 96.7 Å². The Bertz CT molecular complexity index is 582. The Morgan fingerprint density at radius 2 is 2.19 bits per heavy atom. The molecule has 2 aromatic rings.